The number of aryl methyl sites for hydroxylation is 2. The van der Waals surface area contributed by atoms with Crippen LogP contribution < -0.4 is 14.4 Å². The number of nitrogens with zero attached hydrogens (tertiary/aromatic N) is 1. The Morgan fingerprint density at radius 1 is 0.964 bits per heavy atom. The van der Waals surface area contributed by atoms with Gasteiger partial charge in [-0.25, -0.2) is 13.1 Å². The number of rotatable bonds is 5. The van der Waals surface area contributed by atoms with Crippen molar-refractivity contribution < 1.29 is 13.2 Å². The largest absolute Gasteiger partial charge is 0.497 e. The molecule has 0 aromatic heterocycles. The molecule has 2 aromatic carbocycles. The molecule has 0 unspecified atom stereocenters. The van der Waals surface area contributed by atoms with Gasteiger partial charge >= 0.3 is 0 Å². The van der Waals surface area contributed by atoms with E-state index < -0.39 is 10.0 Å². The summed E-state index contributed by atoms with van der Waals surface area (Å²) < 4.78 is 33.9. The average Bonchev–Trinajstić information content (AvgIpc) is 2.74. The summed E-state index contributed by atoms with van der Waals surface area (Å²) in [7, 11) is -1.81. The third-order valence-corrected chi connectivity index (χ3v) is 7.40. The first-order chi connectivity index (χ1) is 13.5. The van der Waals surface area contributed by atoms with Gasteiger partial charge in [0.1, 0.15) is 5.75 Å². The van der Waals surface area contributed by atoms with Gasteiger partial charge in [-0.1, -0.05) is 6.07 Å². The van der Waals surface area contributed by atoms with Crippen LogP contribution in [-0.4, -0.2) is 34.7 Å². The molecule has 4 rings (SSSR count). The average molecular weight is 401 g/mol. The van der Waals surface area contributed by atoms with Crippen LogP contribution >= 0.6 is 0 Å². The molecule has 0 saturated carbocycles. The zero-order chi connectivity index (χ0) is 19.6. The van der Waals surface area contributed by atoms with Crippen molar-refractivity contribution in [1.82, 2.24) is 4.72 Å². The van der Waals surface area contributed by atoms with E-state index in [0.717, 1.165) is 56.6 Å². The van der Waals surface area contributed by atoms with E-state index in [2.05, 4.69) is 21.8 Å². The molecule has 0 spiro atoms. The highest BCUT2D eigenvalue weighted by Gasteiger charge is 2.25. The van der Waals surface area contributed by atoms with Gasteiger partial charge in [-0.2, -0.15) is 0 Å². The Bertz CT molecular complexity index is 917. The first-order valence-corrected chi connectivity index (χ1v) is 11.6. The molecule has 5 nitrogen and oxygen atoms in total. The third-order valence-electron chi connectivity index (χ3n) is 5.88. The minimum atomic E-state index is -3.47. The van der Waals surface area contributed by atoms with E-state index >= 15 is 0 Å². The van der Waals surface area contributed by atoms with Crippen LogP contribution in [0.15, 0.2) is 47.4 Å². The van der Waals surface area contributed by atoms with Gasteiger partial charge in [0, 0.05) is 24.8 Å². The van der Waals surface area contributed by atoms with Gasteiger partial charge in [-0.15, -0.1) is 0 Å². The number of nitrogens with one attached hydrogen (secondary N) is 1. The fraction of sp³-hybridized carbons (Fsp3) is 0.455. The van der Waals surface area contributed by atoms with Crippen molar-refractivity contribution >= 4 is 15.7 Å². The molecule has 6 heteroatoms. The van der Waals surface area contributed by atoms with Crippen LogP contribution in [-0.2, 0) is 22.9 Å². The van der Waals surface area contributed by atoms with Crippen molar-refractivity contribution in [2.24, 2.45) is 0 Å². The zero-order valence-electron chi connectivity index (χ0n) is 16.4. The molecule has 1 fully saturated rings. The van der Waals surface area contributed by atoms with Crippen molar-refractivity contribution in [2.45, 2.75) is 49.5 Å². The molecule has 150 valence electrons. The number of benzene rings is 2. The topological polar surface area (TPSA) is 58.6 Å². The number of fused-ring (bicyclic) bond motifs is 1. The Balaban J connectivity index is 1.38. The predicted molar refractivity (Wildman–Crippen MR) is 112 cm³/mol. The van der Waals surface area contributed by atoms with E-state index in [1.165, 1.54) is 17.5 Å². The summed E-state index contributed by atoms with van der Waals surface area (Å²) in [5.41, 5.74) is 3.65. The summed E-state index contributed by atoms with van der Waals surface area (Å²) in [6.45, 7) is 1.67. The monoisotopic (exact) mass is 400 g/mol. The molecule has 2 aromatic rings. The van der Waals surface area contributed by atoms with Crippen molar-refractivity contribution in [1.29, 1.82) is 0 Å². The molecule has 1 heterocycles. The van der Waals surface area contributed by atoms with Crippen LogP contribution in [0.25, 0.3) is 0 Å². The van der Waals surface area contributed by atoms with Crippen molar-refractivity contribution in [3.8, 4) is 5.75 Å². The second-order valence-corrected chi connectivity index (χ2v) is 9.43. The van der Waals surface area contributed by atoms with Crippen LogP contribution in [0.1, 0.15) is 36.8 Å². The molecule has 0 amide bonds. The molecule has 0 radical (unpaired) electrons. The number of sulfonamides is 1. The van der Waals surface area contributed by atoms with Gasteiger partial charge in [-0.05, 0) is 86.1 Å². The lowest BCUT2D eigenvalue weighted by Gasteiger charge is -2.34. The van der Waals surface area contributed by atoms with Gasteiger partial charge < -0.3 is 9.64 Å². The summed E-state index contributed by atoms with van der Waals surface area (Å²) >= 11 is 0. The van der Waals surface area contributed by atoms with E-state index in [-0.39, 0.29) is 6.04 Å². The highest BCUT2D eigenvalue weighted by Crippen LogP contribution is 2.26. The molecule has 0 bridgehead atoms. The highest BCUT2D eigenvalue weighted by molar-refractivity contribution is 7.89. The zero-order valence-corrected chi connectivity index (χ0v) is 17.2. The summed E-state index contributed by atoms with van der Waals surface area (Å²) in [4.78, 5) is 2.70. The first-order valence-electron chi connectivity index (χ1n) is 10.1. The van der Waals surface area contributed by atoms with Crippen molar-refractivity contribution in [2.75, 3.05) is 25.1 Å². The van der Waals surface area contributed by atoms with Gasteiger partial charge in [-0.3, -0.25) is 0 Å². The predicted octanol–water partition coefficient (Wildman–Crippen LogP) is 3.52. The molecule has 1 aliphatic heterocycles. The molecule has 0 atom stereocenters. The molecule has 28 heavy (non-hydrogen) atoms. The maximum absolute atomic E-state index is 12.9. The number of methoxy groups -OCH3 is 1. The van der Waals surface area contributed by atoms with Gasteiger partial charge in [0.15, 0.2) is 0 Å². The standard InChI is InChI=1S/C22H28N2O3S/c1-27-21-9-7-20(8-10-21)24-14-12-19(13-15-24)23-28(25,26)22-11-6-17-4-2-3-5-18(17)16-22/h6-11,16,19,23H,2-5,12-15H2,1H3. The van der Waals surface area contributed by atoms with Crippen LogP contribution in [0.3, 0.4) is 0 Å². The van der Waals surface area contributed by atoms with Crippen LogP contribution in [0.5, 0.6) is 5.75 Å². The maximum atomic E-state index is 12.9. The minimum absolute atomic E-state index is 0.0180. The Morgan fingerprint density at radius 2 is 1.64 bits per heavy atom. The first kappa shape index (κ1) is 19.3. The second-order valence-electron chi connectivity index (χ2n) is 7.72. The minimum Gasteiger partial charge on any atom is -0.497 e. The molecule has 1 saturated heterocycles. The summed E-state index contributed by atoms with van der Waals surface area (Å²) in [5.74, 6) is 0.844. The molecule has 1 aliphatic carbocycles. The van der Waals surface area contributed by atoms with Crippen LogP contribution in [0.4, 0.5) is 5.69 Å². The van der Waals surface area contributed by atoms with Gasteiger partial charge in [0.25, 0.3) is 0 Å². The Labute approximate surface area is 167 Å². The maximum Gasteiger partial charge on any atom is 0.240 e. The number of piperidine rings is 1. The quantitative estimate of drug-likeness (QED) is 0.834. The molecule has 1 N–H and O–H groups in total. The van der Waals surface area contributed by atoms with E-state index in [9.17, 15) is 8.42 Å². The smallest absolute Gasteiger partial charge is 0.240 e. The van der Waals surface area contributed by atoms with E-state index in [0.29, 0.717) is 4.90 Å². The normalized spacial score (nSPS) is 18.0. The SMILES string of the molecule is COc1ccc(N2CCC(NS(=O)(=O)c3ccc4c(c3)CCCC4)CC2)cc1. The number of ether oxygens (including phenoxy) is 1. The number of anilines is 1. The number of hydrogen-bond donors (Lipinski definition) is 1. The van der Waals surface area contributed by atoms with E-state index in [1.807, 2.05) is 24.3 Å². The fourth-order valence-corrected chi connectivity index (χ4v) is 5.57. The lowest BCUT2D eigenvalue weighted by atomic mass is 9.92. The van der Waals surface area contributed by atoms with Crippen LogP contribution in [0.2, 0.25) is 0 Å². The van der Waals surface area contributed by atoms with Gasteiger partial charge in [0.05, 0.1) is 12.0 Å². The van der Waals surface area contributed by atoms with Gasteiger partial charge in [0.2, 0.25) is 10.0 Å². The lowest BCUT2D eigenvalue weighted by molar-refractivity contribution is 0.414. The third kappa shape index (κ3) is 4.18. The highest BCUT2D eigenvalue weighted by atomic mass is 32.2. The second kappa shape index (κ2) is 8.13. The summed E-state index contributed by atoms with van der Waals surface area (Å²) in [6.07, 6.45) is 6.00. The number of hydrogen-bond acceptors (Lipinski definition) is 4. The van der Waals surface area contributed by atoms with E-state index in [1.54, 1.807) is 13.2 Å². The Morgan fingerprint density at radius 3 is 2.32 bits per heavy atom. The molecule has 2 aliphatic rings. The van der Waals surface area contributed by atoms with Crippen molar-refractivity contribution in [3.05, 3.63) is 53.6 Å². The lowest BCUT2D eigenvalue weighted by Crippen LogP contribution is -2.44. The van der Waals surface area contributed by atoms with Crippen molar-refractivity contribution in [3.63, 3.8) is 0 Å². The Hall–Kier alpha value is -2.05. The summed E-state index contributed by atoms with van der Waals surface area (Å²) in [6, 6.07) is 13.6. The summed E-state index contributed by atoms with van der Waals surface area (Å²) in [5, 5.41) is 0. The van der Waals surface area contributed by atoms with Crippen LogP contribution in [0, 0.1) is 0 Å². The van der Waals surface area contributed by atoms with E-state index in [4.69, 9.17) is 4.74 Å². The molecular weight excluding hydrogens is 372 g/mol. The Kier molecular flexibility index (Phi) is 5.60. The fourth-order valence-electron chi connectivity index (χ4n) is 4.21. The molecular formula is C22H28N2O3S.